The molecule has 6 heteroatoms. The van der Waals surface area contributed by atoms with Crippen molar-refractivity contribution in [3.05, 3.63) is 59.7 Å². The number of hydrogen-bond donors (Lipinski definition) is 2. The first-order valence-corrected chi connectivity index (χ1v) is 6.99. The highest BCUT2D eigenvalue weighted by atomic mass is 16.5. The van der Waals surface area contributed by atoms with Crippen LogP contribution in [0.3, 0.4) is 0 Å². The van der Waals surface area contributed by atoms with Crippen LogP contribution in [0, 0.1) is 0 Å². The van der Waals surface area contributed by atoms with Gasteiger partial charge in [0.1, 0.15) is 5.75 Å². The second kappa shape index (κ2) is 7.84. The molecule has 0 aromatic heterocycles. The summed E-state index contributed by atoms with van der Waals surface area (Å²) >= 11 is 0. The second-order valence-corrected chi connectivity index (χ2v) is 4.70. The molecule has 0 heterocycles. The number of nitrogens with one attached hydrogen (secondary N) is 2. The molecule has 2 amide bonds. The van der Waals surface area contributed by atoms with E-state index < -0.39 is 12.0 Å². The molecule has 0 saturated heterocycles. The summed E-state index contributed by atoms with van der Waals surface area (Å²) < 4.78 is 9.82. The van der Waals surface area contributed by atoms with Crippen molar-refractivity contribution in [1.29, 1.82) is 0 Å². The molecule has 23 heavy (non-hydrogen) atoms. The SMILES string of the molecule is COC(=O)c1ccccc1NC(=O)NCc1cccc(OC)c1. The summed E-state index contributed by atoms with van der Waals surface area (Å²) in [7, 11) is 2.88. The van der Waals surface area contributed by atoms with E-state index in [4.69, 9.17) is 4.74 Å². The lowest BCUT2D eigenvalue weighted by atomic mass is 10.2. The molecule has 0 unspecified atom stereocenters. The topological polar surface area (TPSA) is 76.7 Å². The summed E-state index contributed by atoms with van der Waals surface area (Å²) in [4.78, 5) is 23.7. The second-order valence-electron chi connectivity index (χ2n) is 4.70. The molecule has 0 saturated carbocycles. The van der Waals surface area contributed by atoms with Crippen LogP contribution in [0.4, 0.5) is 10.5 Å². The minimum absolute atomic E-state index is 0.298. The van der Waals surface area contributed by atoms with Crippen LogP contribution in [0.25, 0.3) is 0 Å². The molecule has 0 aliphatic rings. The third-order valence-electron chi connectivity index (χ3n) is 3.17. The fourth-order valence-electron chi connectivity index (χ4n) is 2.01. The molecule has 0 radical (unpaired) electrons. The first kappa shape index (κ1) is 16.4. The number of esters is 1. The molecule has 0 bridgehead atoms. The van der Waals surface area contributed by atoms with Gasteiger partial charge in [0.2, 0.25) is 0 Å². The number of para-hydroxylation sites is 1. The van der Waals surface area contributed by atoms with Gasteiger partial charge in [0.05, 0.1) is 25.5 Å². The monoisotopic (exact) mass is 314 g/mol. The molecule has 2 N–H and O–H groups in total. The van der Waals surface area contributed by atoms with Gasteiger partial charge in [-0.1, -0.05) is 24.3 Å². The van der Waals surface area contributed by atoms with Crippen LogP contribution in [-0.4, -0.2) is 26.2 Å². The molecule has 0 spiro atoms. The number of hydrogen-bond acceptors (Lipinski definition) is 4. The average Bonchev–Trinajstić information content (AvgIpc) is 2.60. The molecule has 0 fully saturated rings. The maximum Gasteiger partial charge on any atom is 0.339 e. The molecule has 0 aliphatic heterocycles. The summed E-state index contributed by atoms with van der Waals surface area (Å²) in [5.41, 5.74) is 1.59. The maximum atomic E-state index is 12.0. The van der Waals surface area contributed by atoms with Crippen LogP contribution in [0.5, 0.6) is 5.75 Å². The minimum Gasteiger partial charge on any atom is -0.497 e. The molecule has 0 aliphatic carbocycles. The number of benzene rings is 2. The van der Waals surface area contributed by atoms with E-state index in [1.54, 1.807) is 31.4 Å². The predicted molar refractivity (Wildman–Crippen MR) is 86.6 cm³/mol. The van der Waals surface area contributed by atoms with Gasteiger partial charge in [0.15, 0.2) is 0 Å². The van der Waals surface area contributed by atoms with Crippen LogP contribution in [0.15, 0.2) is 48.5 Å². The molecule has 2 aromatic carbocycles. The Labute approximate surface area is 134 Å². The lowest BCUT2D eigenvalue weighted by Gasteiger charge is -2.11. The summed E-state index contributed by atoms with van der Waals surface area (Å²) in [5, 5.41) is 5.37. The first-order valence-electron chi connectivity index (χ1n) is 6.99. The molecule has 120 valence electrons. The summed E-state index contributed by atoms with van der Waals surface area (Å²) in [6, 6.07) is 13.6. The van der Waals surface area contributed by atoms with Gasteiger partial charge in [-0.2, -0.15) is 0 Å². The van der Waals surface area contributed by atoms with E-state index in [9.17, 15) is 9.59 Å². The molecule has 2 aromatic rings. The number of carbonyl (C=O) groups is 2. The van der Waals surface area contributed by atoms with Crippen molar-refractivity contribution in [2.45, 2.75) is 6.54 Å². The van der Waals surface area contributed by atoms with Crippen molar-refractivity contribution >= 4 is 17.7 Å². The Balaban J connectivity index is 1.99. The molecular formula is C17H18N2O4. The van der Waals surface area contributed by atoms with Gasteiger partial charge in [0, 0.05) is 6.54 Å². The Kier molecular flexibility index (Phi) is 5.57. The van der Waals surface area contributed by atoms with Gasteiger partial charge >= 0.3 is 12.0 Å². The van der Waals surface area contributed by atoms with Crippen LogP contribution >= 0.6 is 0 Å². The third-order valence-corrected chi connectivity index (χ3v) is 3.17. The summed E-state index contributed by atoms with van der Waals surface area (Å²) in [5.74, 6) is 0.217. The zero-order valence-corrected chi connectivity index (χ0v) is 13.0. The van der Waals surface area contributed by atoms with E-state index in [2.05, 4.69) is 15.4 Å². The van der Waals surface area contributed by atoms with Crippen LogP contribution in [-0.2, 0) is 11.3 Å². The van der Waals surface area contributed by atoms with Crippen LogP contribution in [0.1, 0.15) is 15.9 Å². The van der Waals surface area contributed by atoms with Crippen molar-refractivity contribution in [2.75, 3.05) is 19.5 Å². The molecule has 2 rings (SSSR count). The summed E-state index contributed by atoms with van der Waals surface area (Å²) in [6.45, 7) is 0.337. The van der Waals surface area contributed by atoms with E-state index in [1.807, 2.05) is 24.3 Å². The summed E-state index contributed by atoms with van der Waals surface area (Å²) in [6.07, 6.45) is 0. The number of amides is 2. The van der Waals surface area contributed by atoms with Gasteiger partial charge in [0.25, 0.3) is 0 Å². The average molecular weight is 314 g/mol. The van der Waals surface area contributed by atoms with E-state index in [1.165, 1.54) is 7.11 Å². The van der Waals surface area contributed by atoms with Crippen LogP contribution < -0.4 is 15.4 Å². The van der Waals surface area contributed by atoms with Gasteiger partial charge < -0.3 is 20.1 Å². The smallest absolute Gasteiger partial charge is 0.339 e. The third kappa shape index (κ3) is 4.47. The molecule has 6 nitrogen and oxygen atoms in total. The number of carbonyl (C=O) groups excluding carboxylic acids is 2. The van der Waals surface area contributed by atoms with E-state index in [0.717, 1.165) is 11.3 Å². The van der Waals surface area contributed by atoms with Gasteiger partial charge in [-0.05, 0) is 29.8 Å². The highest BCUT2D eigenvalue weighted by Gasteiger charge is 2.12. The van der Waals surface area contributed by atoms with Crippen molar-refractivity contribution in [3.8, 4) is 5.75 Å². The van der Waals surface area contributed by atoms with Crippen molar-refractivity contribution in [1.82, 2.24) is 5.32 Å². The van der Waals surface area contributed by atoms with E-state index in [0.29, 0.717) is 17.8 Å². The largest absolute Gasteiger partial charge is 0.497 e. The van der Waals surface area contributed by atoms with Crippen molar-refractivity contribution in [3.63, 3.8) is 0 Å². The number of methoxy groups -OCH3 is 2. The van der Waals surface area contributed by atoms with E-state index in [-0.39, 0.29) is 0 Å². The molecule has 0 atom stereocenters. The Morgan fingerprint density at radius 2 is 1.83 bits per heavy atom. The van der Waals surface area contributed by atoms with Crippen molar-refractivity contribution < 1.29 is 19.1 Å². The van der Waals surface area contributed by atoms with Gasteiger partial charge in [-0.3, -0.25) is 0 Å². The number of urea groups is 1. The minimum atomic E-state index is -0.506. The maximum absolute atomic E-state index is 12.0. The van der Waals surface area contributed by atoms with Gasteiger partial charge in [-0.25, -0.2) is 9.59 Å². The number of rotatable bonds is 5. The fraction of sp³-hybridized carbons (Fsp3) is 0.176. The zero-order chi connectivity index (χ0) is 16.7. The number of anilines is 1. The van der Waals surface area contributed by atoms with E-state index >= 15 is 0 Å². The van der Waals surface area contributed by atoms with Crippen LogP contribution in [0.2, 0.25) is 0 Å². The highest BCUT2D eigenvalue weighted by molar-refractivity contribution is 6.00. The highest BCUT2D eigenvalue weighted by Crippen LogP contribution is 2.16. The fourth-order valence-corrected chi connectivity index (χ4v) is 2.01. The number of ether oxygens (including phenoxy) is 2. The zero-order valence-electron chi connectivity index (χ0n) is 13.0. The normalized spacial score (nSPS) is 9.83. The Hall–Kier alpha value is -3.02. The van der Waals surface area contributed by atoms with Gasteiger partial charge in [-0.15, -0.1) is 0 Å². The predicted octanol–water partition coefficient (Wildman–Crippen LogP) is 2.80. The standard InChI is InChI=1S/C17H18N2O4/c1-22-13-7-5-6-12(10-13)11-18-17(21)19-15-9-4-3-8-14(15)16(20)23-2/h3-10H,11H2,1-2H3,(H2,18,19,21). The Morgan fingerprint density at radius 1 is 1.04 bits per heavy atom. The lowest BCUT2D eigenvalue weighted by molar-refractivity contribution is 0.0602. The lowest BCUT2D eigenvalue weighted by Crippen LogP contribution is -2.29. The molecular weight excluding hydrogens is 296 g/mol. The Bertz CT molecular complexity index is 700. The van der Waals surface area contributed by atoms with Crippen molar-refractivity contribution in [2.24, 2.45) is 0 Å². The first-order chi connectivity index (χ1) is 11.1. The Morgan fingerprint density at radius 3 is 2.57 bits per heavy atom. The quantitative estimate of drug-likeness (QED) is 0.832.